The van der Waals surface area contributed by atoms with Gasteiger partial charge in [0.25, 0.3) is 5.56 Å². The van der Waals surface area contributed by atoms with E-state index in [2.05, 4.69) is 25.2 Å². The fraction of sp³-hybridized carbons (Fsp3) is 0.500. The zero-order valence-electron chi connectivity index (χ0n) is 21.8. The molecule has 10 nitrogen and oxygen atoms in total. The first-order valence-corrected chi connectivity index (χ1v) is 12.7. The number of fused-ring (bicyclic) bond motifs is 1. The van der Waals surface area contributed by atoms with Crippen LogP contribution in [0, 0.1) is 5.82 Å². The Balaban J connectivity index is 0.00000336. The molecule has 5 rings (SSSR count). The van der Waals surface area contributed by atoms with E-state index in [1.54, 1.807) is 11.1 Å². The number of ether oxygens (including phenoxy) is 1. The van der Waals surface area contributed by atoms with Gasteiger partial charge in [-0.25, -0.2) is 19.2 Å². The molecular formula is C26H33ClFN7O3. The average molecular weight is 546 g/mol. The molecule has 1 saturated carbocycles. The molecule has 0 radical (unpaired) electrons. The van der Waals surface area contributed by atoms with E-state index in [4.69, 9.17) is 4.74 Å². The molecule has 2 aliphatic rings. The number of aromatic nitrogens is 4. The molecule has 0 aromatic carbocycles. The molecule has 204 valence electrons. The summed E-state index contributed by atoms with van der Waals surface area (Å²) in [5, 5.41) is 3.58. The van der Waals surface area contributed by atoms with Crippen LogP contribution >= 0.6 is 12.4 Å². The first kappa shape index (κ1) is 27.6. The van der Waals surface area contributed by atoms with Crippen molar-refractivity contribution < 1.29 is 13.9 Å². The lowest BCUT2D eigenvalue weighted by Crippen LogP contribution is -2.50. The molecule has 2 fully saturated rings. The summed E-state index contributed by atoms with van der Waals surface area (Å²) in [5.41, 5.74) is 0.216. The summed E-state index contributed by atoms with van der Waals surface area (Å²) in [6, 6.07) is 4.92. The molecule has 12 heteroatoms. The van der Waals surface area contributed by atoms with Crippen LogP contribution in [0.25, 0.3) is 11.0 Å². The van der Waals surface area contributed by atoms with Crippen LogP contribution < -0.4 is 15.8 Å². The van der Waals surface area contributed by atoms with Crippen LogP contribution in [0.1, 0.15) is 52.5 Å². The van der Waals surface area contributed by atoms with Crippen molar-refractivity contribution in [2.24, 2.45) is 0 Å². The molecule has 4 heterocycles. The lowest BCUT2D eigenvalue weighted by Gasteiger charge is -2.36. The molecule has 38 heavy (non-hydrogen) atoms. The average Bonchev–Trinajstić information content (AvgIpc) is 3.39. The van der Waals surface area contributed by atoms with Gasteiger partial charge in [0.05, 0.1) is 11.9 Å². The molecule has 0 spiro atoms. The van der Waals surface area contributed by atoms with Gasteiger partial charge in [0.1, 0.15) is 17.1 Å². The zero-order chi connectivity index (χ0) is 26.2. The monoisotopic (exact) mass is 545 g/mol. The van der Waals surface area contributed by atoms with Gasteiger partial charge in [0.15, 0.2) is 5.82 Å². The Bertz CT molecular complexity index is 1350. The van der Waals surface area contributed by atoms with Gasteiger partial charge in [-0.1, -0.05) is 12.8 Å². The van der Waals surface area contributed by atoms with Crippen molar-refractivity contribution in [2.45, 2.75) is 58.1 Å². The Morgan fingerprint density at radius 3 is 2.42 bits per heavy atom. The minimum atomic E-state index is -0.784. The lowest BCUT2D eigenvalue weighted by atomic mass is 10.2. The number of carbonyl (C=O) groups is 1. The third-order valence-corrected chi connectivity index (χ3v) is 6.70. The number of piperazine rings is 1. The Hall–Kier alpha value is -3.47. The quantitative estimate of drug-likeness (QED) is 0.504. The fourth-order valence-electron chi connectivity index (χ4n) is 4.88. The van der Waals surface area contributed by atoms with Crippen LogP contribution in [0.3, 0.4) is 0 Å². The number of nitrogens with zero attached hydrogens (tertiary/aromatic N) is 6. The normalized spacial score (nSPS) is 16.4. The van der Waals surface area contributed by atoms with E-state index < -0.39 is 17.0 Å². The maximum atomic E-state index is 14.3. The number of amides is 1. The first-order chi connectivity index (χ1) is 17.7. The van der Waals surface area contributed by atoms with Crippen LogP contribution in [-0.4, -0.2) is 62.3 Å². The van der Waals surface area contributed by atoms with Crippen LogP contribution in [0.5, 0.6) is 0 Å². The van der Waals surface area contributed by atoms with Gasteiger partial charge in [0.2, 0.25) is 5.95 Å². The van der Waals surface area contributed by atoms with E-state index in [9.17, 15) is 14.0 Å². The third-order valence-electron chi connectivity index (χ3n) is 6.70. The Labute approximate surface area is 226 Å². The number of halogens is 2. The minimum Gasteiger partial charge on any atom is -0.444 e. The minimum absolute atomic E-state index is 0. The summed E-state index contributed by atoms with van der Waals surface area (Å²) < 4.78 is 21.2. The van der Waals surface area contributed by atoms with E-state index in [0.717, 1.165) is 31.4 Å². The number of anilines is 3. The highest BCUT2D eigenvalue weighted by atomic mass is 35.5. The fourth-order valence-corrected chi connectivity index (χ4v) is 4.88. The molecule has 3 aromatic heterocycles. The van der Waals surface area contributed by atoms with Gasteiger partial charge in [-0.15, -0.1) is 12.4 Å². The van der Waals surface area contributed by atoms with Crippen LogP contribution in [0.2, 0.25) is 0 Å². The van der Waals surface area contributed by atoms with Crippen molar-refractivity contribution in [1.82, 2.24) is 24.4 Å². The molecule has 0 bridgehead atoms. The smallest absolute Gasteiger partial charge is 0.410 e. The van der Waals surface area contributed by atoms with Gasteiger partial charge in [0, 0.05) is 43.8 Å². The van der Waals surface area contributed by atoms with E-state index in [0.29, 0.717) is 43.0 Å². The maximum Gasteiger partial charge on any atom is 0.410 e. The summed E-state index contributed by atoms with van der Waals surface area (Å²) in [5.74, 6) is 0.0525. The van der Waals surface area contributed by atoms with Gasteiger partial charge >= 0.3 is 6.09 Å². The highest BCUT2D eigenvalue weighted by Crippen LogP contribution is 2.31. The van der Waals surface area contributed by atoms with Crippen molar-refractivity contribution >= 4 is 47.0 Å². The van der Waals surface area contributed by atoms with Gasteiger partial charge in [-0.3, -0.25) is 9.36 Å². The summed E-state index contributed by atoms with van der Waals surface area (Å²) >= 11 is 0. The van der Waals surface area contributed by atoms with Crippen LogP contribution in [0.4, 0.5) is 26.6 Å². The number of pyridine rings is 2. The molecule has 0 atom stereocenters. The molecule has 0 unspecified atom stereocenters. The predicted octanol–water partition coefficient (Wildman–Crippen LogP) is 4.66. The van der Waals surface area contributed by atoms with Gasteiger partial charge < -0.3 is 19.9 Å². The molecule has 1 aliphatic heterocycles. The second-order valence-corrected chi connectivity index (χ2v) is 10.6. The second kappa shape index (κ2) is 11.1. The van der Waals surface area contributed by atoms with E-state index in [-0.39, 0.29) is 30.5 Å². The molecular weight excluding hydrogens is 513 g/mol. The number of hydrogen-bond donors (Lipinski definition) is 1. The van der Waals surface area contributed by atoms with Crippen molar-refractivity contribution in [2.75, 3.05) is 36.4 Å². The number of rotatable bonds is 4. The molecule has 1 N–H and O–H groups in total. The summed E-state index contributed by atoms with van der Waals surface area (Å²) in [4.78, 5) is 42.1. The Kier molecular flexibility index (Phi) is 8.05. The summed E-state index contributed by atoms with van der Waals surface area (Å²) in [7, 11) is 0. The number of hydrogen-bond acceptors (Lipinski definition) is 8. The maximum absolute atomic E-state index is 14.3. The highest BCUT2D eigenvalue weighted by molar-refractivity contribution is 5.85. The van der Waals surface area contributed by atoms with Crippen LogP contribution in [0.15, 0.2) is 35.4 Å². The van der Waals surface area contributed by atoms with Crippen molar-refractivity contribution in [3.05, 3.63) is 46.8 Å². The number of nitrogens with one attached hydrogen (secondary N) is 1. The third kappa shape index (κ3) is 5.98. The van der Waals surface area contributed by atoms with Crippen molar-refractivity contribution in [3.63, 3.8) is 0 Å². The molecule has 3 aromatic rings. The van der Waals surface area contributed by atoms with E-state index in [1.807, 2.05) is 32.9 Å². The standard InChI is InChI=1S/C26H32FN7O3.ClH/c1-26(2,3)37-25(36)33-12-10-32(11-13-33)19-8-9-21(28-16-19)30-24-29-15-17-14-20(27)23(35)34(22(17)31-24)18-6-4-5-7-18;/h8-9,14-16,18H,4-7,10-13H2,1-3H3,(H,28,29,30,31);1H. The van der Waals surface area contributed by atoms with Crippen molar-refractivity contribution in [3.8, 4) is 0 Å². The number of carbonyl (C=O) groups excluding carboxylic acids is 1. The first-order valence-electron chi connectivity index (χ1n) is 12.7. The lowest BCUT2D eigenvalue weighted by molar-refractivity contribution is 0.0240. The Morgan fingerprint density at radius 2 is 1.79 bits per heavy atom. The molecule has 1 amide bonds. The van der Waals surface area contributed by atoms with Crippen molar-refractivity contribution in [1.29, 1.82) is 0 Å². The SMILES string of the molecule is CC(C)(C)OC(=O)N1CCN(c2ccc(Nc3ncc4cc(F)c(=O)n(C5CCCC5)c4n3)nc2)CC1.Cl. The topological polar surface area (TPSA) is 105 Å². The zero-order valence-corrected chi connectivity index (χ0v) is 22.6. The summed E-state index contributed by atoms with van der Waals surface area (Å²) in [6.45, 7) is 8.08. The van der Waals surface area contributed by atoms with E-state index >= 15 is 0 Å². The summed E-state index contributed by atoms with van der Waals surface area (Å²) in [6.07, 6.45) is 6.69. The Morgan fingerprint density at radius 1 is 1.08 bits per heavy atom. The highest BCUT2D eigenvalue weighted by Gasteiger charge is 2.26. The predicted molar refractivity (Wildman–Crippen MR) is 146 cm³/mol. The van der Waals surface area contributed by atoms with Crippen LogP contribution in [-0.2, 0) is 4.74 Å². The molecule has 1 aliphatic carbocycles. The molecule has 1 saturated heterocycles. The second-order valence-electron chi connectivity index (χ2n) is 10.6. The van der Waals surface area contributed by atoms with Gasteiger partial charge in [-0.2, -0.15) is 4.98 Å². The van der Waals surface area contributed by atoms with Gasteiger partial charge in [-0.05, 0) is 51.8 Å². The van der Waals surface area contributed by atoms with E-state index in [1.165, 1.54) is 16.8 Å². The largest absolute Gasteiger partial charge is 0.444 e.